The molecule has 0 unspecified atom stereocenters. The average Bonchev–Trinajstić information content (AvgIpc) is 2.42. The molecule has 0 aliphatic rings. The highest BCUT2D eigenvalue weighted by Crippen LogP contribution is 2.23. The summed E-state index contributed by atoms with van der Waals surface area (Å²) in [5.74, 6) is -1.01. The third-order valence-electron chi connectivity index (χ3n) is 3.27. The minimum atomic E-state index is -1.39. The predicted molar refractivity (Wildman–Crippen MR) is 74.8 cm³/mol. The van der Waals surface area contributed by atoms with E-state index < -0.39 is 11.5 Å². The van der Waals surface area contributed by atoms with Crippen molar-refractivity contribution >= 4 is 5.97 Å². The molecule has 2 aromatic carbocycles. The smallest absolute Gasteiger partial charge is 0.328 e. The van der Waals surface area contributed by atoms with Gasteiger partial charge in [0, 0.05) is 6.42 Å². The Labute approximate surface area is 112 Å². The molecule has 0 amide bonds. The molecule has 3 nitrogen and oxygen atoms in total. The molecule has 0 heterocycles. The third-order valence-corrected chi connectivity index (χ3v) is 3.27. The molecule has 0 aromatic heterocycles. The number of aryl methyl sites for hydroxylation is 1. The molecule has 0 radical (unpaired) electrons. The topological polar surface area (TPSA) is 63.3 Å². The van der Waals surface area contributed by atoms with Crippen LogP contribution in [0.2, 0.25) is 0 Å². The van der Waals surface area contributed by atoms with Crippen molar-refractivity contribution in [3.8, 4) is 0 Å². The molecular formula is C16H17NO2. The van der Waals surface area contributed by atoms with E-state index in [1.807, 2.05) is 37.3 Å². The SMILES string of the molecule is Cc1ccc(C[C@@](N)(C(=O)O)c2ccccc2)cc1. The summed E-state index contributed by atoms with van der Waals surface area (Å²) in [5.41, 5.74) is 7.41. The molecule has 2 rings (SSSR count). The number of rotatable bonds is 4. The van der Waals surface area contributed by atoms with Crippen LogP contribution >= 0.6 is 0 Å². The molecule has 3 heteroatoms. The Kier molecular flexibility index (Phi) is 3.67. The van der Waals surface area contributed by atoms with E-state index in [4.69, 9.17) is 5.73 Å². The molecule has 1 atom stereocenters. The number of carboxylic acids is 1. The van der Waals surface area contributed by atoms with Crippen LogP contribution in [0.3, 0.4) is 0 Å². The average molecular weight is 255 g/mol. The summed E-state index contributed by atoms with van der Waals surface area (Å²) in [4.78, 5) is 11.6. The minimum absolute atomic E-state index is 0.270. The number of aliphatic carboxylic acids is 1. The van der Waals surface area contributed by atoms with Crippen LogP contribution in [0.25, 0.3) is 0 Å². The van der Waals surface area contributed by atoms with Gasteiger partial charge in [0.1, 0.15) is 5.54 Å². The van der Waals surface area contributed by atoms with Gasteiger partial charge in [-0.25, -0.2) is 4.79 Å². The predicted octanol–water partition coefficient (Wildman–Crippen LogP) is 2.48. The summed E-state index contributed by atoms with van der Waals surface area (Å²) in [6, 6.07) is 16.7. The molecule has 0 fully saturated rings. The second-order valence-electron chi connectivity index (χ2n) is 4.80. The standard InChI is InChI=1S/C16H17NO2/c1-12-7-9-13(10-8-12)11-16(17,15(18)19)14-5-3-2-4-6-14/h2-10H,11,17H2,1H3,(H,18,19)/t16-/m0/s1. The molecule has 3 N–H and O–H groups in total. The van der Waals surface area contributed by atoms with Crippen LogP contribution in [-0.4, -0.2) is 11.1 Å². The molecule has 0 saturated carbocycles. The molecule has 0 aliphatic carbocycles. The van der Waals surface area contributed by atoms with E-state index in [1.54, 1.807) is 24.3 Å². The van der Waals surface area contributed by atoms with E-state index in [9.17, 15) is 9.90 Å². The van der Waals surface area contributed by atoms with Gasteiger partial charge in [-0.15, -0.1) is 0 Å². The first-order chi connectivity index (χ1) is 9.02. The van der Waals surface area contributed by atoms with Crippen molar-refractivity contribution in [2.75, 3.05) is 0 Å². The fourth-order valence-corrected chi connectivity index (χ4v) is 2.06. The van der Waals surface area contributed by atoms with Crippen molar-refractivity contribution in [1.82, 2.24) is 0 Å². The van der Waals surface area contributed by atoms with Crippen LogP contribution in [0.1, 0.15) is 16.7 Å². The van der Waals surface area contributed by atoms with Crippen LogP contribution in [0.4, 0.5) is 0 Å². The van der Waals surface area contributed by atoms with Gasteiger partial charge < -0.3 is 10.8 Å². The number of carboxylic acid groups (broad SMARTS) is 1. The summed E-state index contributed by atoms with van der Waals surface area (Å²) in [6.45, 7) is 1.99. The Hall–Kier alpha value is -2.13. The van der Waals surface area contributed by atoms with Crippen LogP contribution in [0.15, 0.2) is 54.6 Å². The van der Waals surface area contributed by atoms with Crippen molar-refractivity contribution < 1.29 is 9.90 Å². The lowest BCUT2D eigenvalue weighted by atomic mass is 9.84. The lowest BCUT2D eigenvalue weighted by Gasteiger charge is -2.25. The van der Waals surface area contributed by atoms with Gasteiger partial charge in [0.15, 0.2) is 0 Å². The molecule has 0 aliphatic heterocycles. The zero-order chi connectivity index (χ0) is 13.9. The number of hydrogen-bond donors (Lipinski definition) is 2. The van der Waals surface area contributed by atoms with Crippen molar-refractivity contribution in [3.63, 3.8) is 0 Å². The van der Waals surface area contributed by atoms with E-state index in [-0.39, 0.29) is 6.42 Å². The fourth-order valence-electron chi connectivity index (χ4n) is 2.06. The zero-order valence-electron chi connectivity index (χ0n) is 10.8. The van der Waals surface area contributed by atoms with E-state index in [1.165, 1.54) is 0 Å². The summed E-state index contributed by atoms with van der Waals surface area (Å²) in [7, 11) is 0. The molecule has 0 saturated heterocycles. The molecule has 98 valence electrons. The molecule has 19 heavy (non-hydrogen) atoms. The minimum Gasteiger partial charge on any atom is -0.480 e. The number of benzene rings is 2. The monoisotopic (exact) mass is 255 g/mol. The lowest BCUT2D eigenvalue weighted by molar-refractivity contribution is -0.143. The van der Waals surface area contributed by atoms with Crippen LogP contribution < -0.4 is 5.73 Å². The number of carbonyl (C=O) groups is 1. The van der Waals surface area contributed by atoms with Crippen molar-refractivity contribution in [1.29, 1.82) is 0 Å². The molecule has 0 spiro atoms. The van der Waals surface area contributed by atoms with Gasteiger partial charge in [0.2, 0.25) is 0 Å². The Morgan fingerprint density at radius 1 is 1.11 bits per heavy atom. The van der Waals surface area contributed by atoms with Gasteiger partial charge in [0.25, 0.3) is 0 Å². The first-order valence-corrected chi connectivity index (χ1v) is 6.16. The van der Waals surface area contributed by atoms with E-state index in [0.717, 1.165) is 11.1 Å². The summed E-state index contributed by atoms with van der Waals surface area (Å²) >= 11 is 0. The lowest BCUT2D eigenvalue weighted by Crippen LogP contribution is -2.46. The van der Waals surface area contributed by atoms with Gasteiger partial charge in [-0.3, -0.25) is 0 Å². The van der Waals surface area contributed by atoms with Gasteiger partial charge in [-0.1, -0.05) is 60.2 Å². The van der Waals surface area contributed by atoms with E-state index in [2.05, 4.69) is 0 Å². The van der Waals surface area contributed by atoms with Crippen molar-refractivity contribution in [2.45, 2.75) is 18.9 Å². The molecule has 0 bridgehead atoms. The maximum absolute atomic E-state index is 11.6. The Balaban J connectivity index is 2.36. The zero-order valence-corrected chi connectivity index (χ0v) is 10.8. The van der Waals surface area contributed by atoms with Gasteiger partial charge >= 0.3 is 5.97 Å². The highest BCUT2D eigenvalue weighted by Gasteiger charge is 2.35. The van der Waals surface area contributed by atoms with Gasteiger partial charge in [-0.05, 0) is 18.1 Å². The molecule has 2 aromatic rings. The summed E-state index contributed by atoms with van der Waals surface area (Å²) in [6.07, 6.45) is 0.270. The highest BCUT2D eigenvalue weighted by molar-refractivity contribution is 5.81. The van der Waals surface area contributed by atoms with Crippen LogP contribution in [-0.2, 0) is 16.8 Å². The summed E-state index contributed by atoms with van der Waals surface area (Å²) in [5, 5.41) is 9.48. The third kappa shape index (κ3) is 2.83. The fraction of sp³-hybridized carbons (Fsp3) is 0.188. The number of hydrogen-bond acceptors (Lipinski definition) is 2. The normalized spacial score (nSPS) is 13.8. The highest BCUT2D eigenvalue weighted by atomic mass is 16.4. The maximum atomic E-state index is 11.6. The summed E-state index contributed by atoms with van der Waals surface area (Å²) < 4.78 is 0. The van der Waals surface area contributed by atoms with E-state index >= 15 is 0 Å². The molecular weight excluding hydrogens is 238 g/mol. The van der Waals surface area contributed by atoms with Crippen LogP contribution in [0.5, 0.6) is 0 Å². The van der Waals surface area contributed by atoms with Crippen LogP contribution in [0, 0.1) is 6.92 Å². The number of nitrogens with two attached hydrogens (primary N) is 1. The second kappa shape index (κ2) is 5.24. The first-order valence-electron chi connectivity index (χ1n) is 6.16. The quantitative estimate of drug-likeness (QED) is 0.882. The second-order valence-corrected chi connectivity index (χ2v) is 4.80. The Morgan fingerprint density at radius 3 is 2.21 bits per heavy atom. The largest absolute Gasteiger partial charge is 0.480 e. The van der Waals surface area contributed by atoms with Gasteiger partial charge in [-0.2, -0.15) is 0 Å². The Bertz CT molecular complexity index is 563. The van der Waals surface area contributed by atoms with Crippen molar-refractivity contribution in [3.05, 3.63) is 71.3 Å². The van der Waals surface area contributed by atoms with Crippen molar-refractivity contribution in [2.24, 2.45) is 5.73 Å². The first kappa shape index (κ1) is 13.3. The van der Waals surface area contributed by atoms with E-state index in [0.29, 0.717) is 5.56 Å². The van der Waals surface area contributed by atoms with Gasteiger partial charge in [0.05, 0.1) is 0 Å². The Morgan fingerprint density at radius 2 is 1.68 bits per heavy atom. The maximum Gasteiger partial charge on any atom is 0.328 e.